The van der Waals surface area contributed by atoms with Gasteiger partial charge in [-0.2, -0.15) is 13.2 Å². The Balaban J connectivity index is 1.36. The van der Waals surface area contributed by atoms with Crippen LogP contribution in [0.2, 0.25) is 0 Å². The summed E-state index contributed by atoms with van der Waals surface area (Å²) in [6, 6.07) is 15.0. The molecule has 5 aromatic rings. The number of nitrogens with one attached hydrogen (secondary N) is 3. The molecular weight excluding hydrogens is 595 g/mol. The van der Waals surface area contributed by atoms with E-state index in [2.05, 4.69) is 49.6 Å². The van der Waals surface area contributed by atoms with Gasteiger partial charge in [0.1, 0.15) is 23.5 Å². The normalized spacial score (nSPS) is 11.6. The van der Waals surface area contributed by atoms with Crippen molar-refractivity contribution in [2.24, 2.45) is 0 Å². The minimum absolute atomic E-state index is 0.102. The smallest absolute Gasteiger partial charge is 0.370 e. The van der Waals surface area contributed by atoms with Gasteiger partial charge in [-0.05, 0) is 87.4 Å². The van der Waals surface area contributed by atoms with E-state index in [0.717, 1.165) is 56.7 Å². The van der Waals surface area contributed by atoms with Gasteiger partial charge in [-0.1, -0.05) is 26.0 Å². The van der Waals surface area contributed by atoms with E-state index in [1.165, 1.54) is 18.5 Å². The number of anilines is 4. The van der Waals surface area contributed by atoms with Crippen molar-refractivity contribution >= 4 is 40.2 Å². The maximum Gasteiger partial charge on any atom is 0.416 e. The lowest BCUT2D eigenvalue weighted by molar-refractivity contribution is -0.137. The van der Waals surface area contributed by atoms with Gasteiger partial charge in [0, 0.05) is 35.7 Å². The monoisotopic (exact) mass is 631 g/mol. The fourth-order valence-corrected chi connectivity index (χ4v) is 4.99. The third kappa shape index (κ3) is 7.78. The highest BCUT2D eigenvalue weighted by Gasteiger charge is 2.31. The van der Waals surface area contributed by atoms with Gasteiger partial charge in [-0.3, -0.25) is 4.79 Å². The first-order chi connectivity index (χ1) is 22.2. The number of alkyl halides is 3. The number of aromatic nitrogens is 5. The summed E-state index contributed by atoms with van der Waals surface area (Å²) in [7, 11) is 0. The molecule has 5 rings (SSSR count). The van der Waals surface area contributed by atoms with Crippen molar-refractivity contribution in [1.29, 1.82) is 0 Å². The van der Waals surface area contributed by atoms with Gasteiger partial charge in [0.2, 0.25) is 5.95 Å². The zero-order chi connectivity index (χ0) is 32.7. The van der Waals surface area contributed by atoms with Crippen LogP contribution in [0.1, 0.15) is 48.2 Å². The number of imidazole rings is 1. The van der Waals surface area contributed by atoms with Crippen LogP contribution in [0.3, 0.4) is 0 Å². The summed E-state index contributed by atoms with van der Waals surface area (Å²) in [5, 5.41) is 9.42. The molecule has 10 nitrogen and oxygen atoms in total. The van der Waals surface area contributed by atoms with E-state index < -0.39 is 17.6 Å². The van der Waals surface area contributed by atoms with Crippen LogP contribution in [0, 0.1) is 6.92 Å². The highest BCUT2D eigenvalue weighted by Crippen LogP contribution is 2.31. The van der Waals surface area contributed by atoms with Gasteiger partial charge in [-0.15, -0.1) is 0 Å². The Hall–Kier alpha value is -5.04. The Labute approximate surface area is 265 Å². The summed E-state index contributed by atoms with van der Waals surface area (Å²) < 4.78 is 41.3. The molecule has 0 aliphatic carbocycles. The number of benzene rings is 2. The van der Waals surface area contributed by atoms with Crippen LogP contribution >= 0.6 is 0 Å². The zero-order valence-corrected chi connectivity index (χ0v) is 25.9. The summed E-state index contributed by atoms with van der Waals surface area (Å²) in [6.45, 7) is 10.1. The molecule has 0 spiro atoms. The van der Waals surface area contributed by atoms with E-state index in [-0.39, 0.29) is 5.56 Å². The summed E-state index contributed by atoms with van der Waals surface area (Å²) in [5.41, 5.74) is 2.09. The van der Waals surface area contributed by atoms with Crippen molar-refractivity contribution in [2.45, 2.75) is 39.8 Å². The van der Waals surface area contributed by atoms with E-state index >= 15 is 0 Å². The number of carbonyl (C=O) groups is 1. The van der Waals surface area contributed by atoms with E-state index in [9.17, 15) is 18.0 Å². The van der Waals surface area contributed by atoms with Gasteiger partial charge in [0.15, 0.2) is 5.65 Å². The van der Waals surface area contributed by atoms with Gasteiger partial charge in [0.25, 0.3) is 5.91 Å². The summed E-state index contributed by atoms with van der Waals surface area (Å²) in [4.78, 5) is 33.5. The lowest BCUT2D eigenvalue weighted by Gasteiger charge is -2.17. The lowest BCUT2D eigenvalue weighted by Crippen LogP contribution is -2.24. The molecule has 13 heteroatoms. The summed E-state index contributed by atoms with van der Waals surface area (Å²) in [6.07, 6.45) is 0.688. The van der Waals surface area contributed by atoms with Crippen LogP contribution in [0.5, 0.6) is 0 Å². The van der Waals surface area contributed by atoms with E-state index in [0.29, 0.717) is 40.1 Å². The molecule has 0 aliphatic heterocycles. The Bertz CT molecular complexity index is 1800. The number of carbonyl (C=O) groups excluding carboxylic acids is 1. The molecular formula is C33H36F3N9O. The van der Waals surface area contributed by atoms with Crippen molar-refractivity contribution in [3.8, 4) is 5.82 Å². The Morgan fingerprint density at radius 2 is 1.78 bits per heavy atom. The highest BCUT2D eigenvalue weighted by molar-refractivity contribution is 6.04. The minimum atomic E-state index is -4.55. The molecule has 0 saturated heterocycles. The molecule has 3 aromatic heterocycles. The quantitative estimate of drug-likeness (QED) is 0.118. The SMILES string of the molecule is CCN(CC)CCCCNc1cc(-n2c(Nc3cc(NC(=O)c4cccc(C(F)(F)F)c4)ccc3C)nc3cccnc32)ncn1. The molecule has 2 aromatic carbocycles. The standard InChI is InChI=1S/C33H36F3N9O/c1-4-44(5-2)17-7-6-15-37-28-20-29(40-21-39-28)45-30-26(12-9-16-38-30)42-32(45)43-27-19-25(14-13-22(27)3)41-31(46)23-10-8-11-24(18-23)33(34,35)36/h8-14,16,18-21H,4-7,15,17H2,1-3H3,(H,41,46)(H,42,43)(H,37,39,40). The number of amides is 1. The largest absolute Gasteiger partial charge is 0.416 e. The third-order valence-corrected chi connectivity index (χ3v) is 7.59. The molecule has 0 saturated carbocycles. The molecule has 3 heterocycles. The van der Waals surface area contributed by atoms with Crippen LogP contribution in [-0.2, 0) is 6.18 Å². The van der Waals surface area contributed by atoms with Gasteiger partial charge in [-0.25, -0.2) is 24.5 Å². The number of hydrogen-bond acceptors (Lipinski definition) is 8. The molecule has 0 fully saturated rings. The summed E-state index contributed by atoms with van der Waals surface area (Å²) in [5.74, 6) is 0.997. The molecule has 1 amide bonds. The first kappa shape index (κ1) is 32.4. The van der Waals surface area contributed by atoms with Crippen LogP contribution in [0.4, 0.5) is 36.3 Å². The molecule has 0 unspecified atom stereocenters. The third-order valence-electron chi connectivity index (χ3n) is 7.59. The Morgan fingerprint density at radius 3 is 2.57 bits per heavy atom. The fraction of sp³-hybridized carbons (Fsp3) is 0.303. The van der Waals surface area contributed by atoms with E-state index in [1.54, 1.807) is 35.0 Å². The molecule has 3 N–H and O–H groups in total. The van der Waals surface area contributed by atoms with E-state index in [1.807, 2.05) is 19.1 Å². The van der Waals surface area contributed by atoms with Crippen molar-refractivity contribution in [2.75, 3.05) is 42.1 Å². The van der Waals surface area contributed by atoms with Gasteiger partial charge >= 0.3 is 6.18 Å². The number of pyridine rings is 1. The number of fused-ring (bicyclic) bond motifs is 1. The molecule has 0 atom stereocenters. The second-order valence-corrected chi connectivity index (χ2v) is 10.7. The average Bonchev–Trinajstić information content (AvgIpc) is 3.42. The second kappa shape index (κ2) is 14.4. The first-order valence-electron chi connectivity index (χ1n) is 15.1. The maximum atomic E-state index is 13.2. The molecule has 0 bridgehead atoms. The van der Waals surface area contributed by atoms with Crippen molar-refractivity contribution < 1.29 is 18.0 Å². The fourth-order valence-electron chi connectivity index (χ4n) is 4.99. The molecule has 0 aliphatic rings. The number of hydrogen-bond donors (Lipinski definition) is 3. The van der Waals surface area contributed by atoms with Crippen molar-refractivity contribution in [3.63, 3.8) is 0 Å². The average molecular weight is 632 g/mol. The number of halogens is 3. The predicted molar refractivity (Wildman–Crippen MR) is 174 cm³/mol. The molecule has 0 radical (unpaired) electrons. The van der Waals surface area contributed by atoms with Crippen LogP contribution in [-0.4, -0.2) is 61.5 Å². The molecule has 240 valence electrons. The van der Waals surface area contributed by atoms with Crippen LogP contribution < -0.4 is 16.0 Å². The van der Waals surface area contributed by atoms with Crippen molar-refractivity contribution in [1.82, 2.24) is 29.4 Å². The highest BCUT2D eigenvalue weighted by atomic mass is 19.4. The van der Waals surface area contributed by atoms with Crippen molar-refractivity contribution in [3.05, 3.63) is 89.9 Å². The zero-order valence-electron chi connectivity index (χ0n) is 25.9. The number of rotatable bonds is 13. The van der Waals surface area contributed by atoms with Crippen LogP contribution in [0.15, 0.2) is 73.2 Å². The van der Waals surface area contributed by atoms with Gasteiger partial charge < -0.3 is 20.9 Å². The minimum Gasteiger partial charge on any atom is -0.370 e. The van der Waals surface area contributed by atoms with E-state index in [4.69, 9.17) is 4.98 Å². The summed E-state index contributed by atoms with van der Waals surface area (Å²) >= 11 is 0. The topological polar surface area (TPSA) is 113 Å². The predicted octanol–water partition coefficient (Wildman–Crippen LogP) is 7.07. The van der Waals surface area contributed by atoms with Gasteiger partial charge in [0.05, 0.1) is 5.56 Å². The van der Waals surface area contributed by atoms with Crippen LogP contribution in [0.25, 0.3) is 17.0 Å². The number of aryl methyl sites for hydroxylation is 1. The lowest BCUT2D eigenvalue weighted by atomic mass is 10.1. The first-order valence-corrected chi connectivity index (χ1v) is 15.1. The second-order valence-electron chi connectivity index (χ2n) is 10.7. The number of nitrogens with zero attached hydrogens (tertiary/aromatic N) is 6. The number of unbranched alkanes of at least 4 members (excludes halogenated alkanes) is 1. The maximum absolute atomic E-state index is 13.2. The molecule has 46 heavy (non-hydrogen) atoms. The Morgan fingerprint density at radius 1 is 0.957 bits per heavy atom. The Kier molecular flexibility index (Phi) is 10.1.